The summed E-state index contributed by atoms with van der Waals surface area (Å²) < 4.78 is 5.08. The summed E-state index contributed by atoms with van der Waals surface area (Å²) in [5.41, 5.74) is 1.01. The van der Waals surface area contributed by atoms with Crippen LogP contribution in [0.15, 0.2) is 29.3 Å². The number of oxazole rings is 1. The van der Waals surface area contributed by atoms with Crippen LogP contribution >= 0.6 is 0 Å². The molecular formula is C14H16N4O2. The lowest BCUT2D eigenvalue weighted by atomic mass is 9.94. The van der Waals surface area contributed by atoms with E-state index in [9.17, 15) is 4.79 Å². The maximum absolute atomic E-state index is 12.3. The van der Waals surface area contributed by atoms with E-state index in [1.165, 1.54) is 12.6 Å². The number of hydrogen-bond acceptors (Lipinski definition) is 5. The number of nitrogens with zero attached hydrogens (tertiary/aromatic N) is 4. The Morgan fingerprint density at radius 3 is 3.15 bits per heavy atom. The van der Waals surface area contributed by atoms with Crippen LogP contribution in [0.4, 0.5) is 0 Å². The molecule has 6 heteroatoms. The molecule has 1 amide bonds. The third-order valence-corrected chi connectivity index (χ3v) is 3.57. The molecule has 0 aliphatic carbocycles. The molecule has 3 rings (SSSR count). The molecule has 1 saturated heterocycles. The van der Waals surface area contributed by atoms with E-state index in [4.69, 9.17) is 4.42 Å². The second-order valence-electron chi connectivity index (χ2n) is 4.98. The molecule has 3 heterocycles. The summed E-state index contributed by atoms with van der Waals surface area (Å²) in [6.07, 6.45) is 6.52. The Balaban J connectivity index is 1.75. The molecule has 0 radical (unpaired) electrons. The van der Waals surface area contributed by atoms with Gasteiger partial charge in [0.05, 0.1) is 6.20 Å². The van der Waals surface area contributed by atoms with Crippen LogP contribution in [0.2, 0.25) is 0 Å². The number of hydrogen-bond donors (Lipinski definition) is 0. The molecule has 1 atom stereocenters. The summed E-state index contributed by atoms with van der Waals surface area (Å²) >= 11 is 0. The number of rotatable bonds is 2. The van der Waals surface area contributed by atoms with E-state index in [0.29, 0.717) is 12.3 Å². The van der Waals surface area contributed by atoms with Gasteiger partial charge in [-0.2, -0.15) is 0 Å². The van der Waals surface area contributed by atoms with Gasteiger partial charge in [0.25, 0.3) is 5.91 Å². The summed E-state index contributed by atoms with van der Waals surface area (Å²) in [5.74, 6) is 1.22. The van der Waals surface area contributed by atoms with Gasteiger partial charge in [-0.25, -0.2) is 15.0 Å². The predicted octanol–water partition coefficient (Wildman–Crippen LogP) is 1.79. The zero-order valence-corrected chi connectivity index (χ0v) is 11.3. The highest BCUT2D eigenvalue weighted by Crippen LogP contribution is 2.26. The normalized spacial score (nSPS) is 19.1. The van der Waals surface area contributed by atoms with E-state index in [-0.39, 0.29) is 11.8 Å². The molecule has 20 heavy (non-hydrogen) atoms. The number of aryl methyl sites for hydroxylation is 1. The summed E-state index contributed by atoms with van der Waals surface area (Å²) in [5, 5.41) is 0. The van der Waals surface area contributed by atoms with E-state index < -0.39 is 0 Å². The number of carbonyl (C=O) groups is 1. The minimum atomic E-state index is -0.0991. The maximum atomic E-state index is 12.3. The Kier molecular flexibility index (Phi) is 3.45. The topological polar surface area (TPSA) is 72.1 Å². The number of aromatic nitrogens is 3. The summed E-state index contributed by atoms with van der Waals surface area (Å²) in [6.45, 7) is 3.29. The van der Waals surface area contributed by atoms with Gasteiger partial charge in [0, 0.05) is 30.9 Å². The molecule has 0 N–H and O–H groups in total. The Hall–Kier alpha value is -2.24. The lowest BCUT2D eigenvalue weighted by Crippen LogP contribution is -2.39. The first-order valence-corrected chi connectivity index (χ1v) is 6.71. The summed E-state index contributed by atoms with van der Waals surface area (Å²) in [6, 6.07) is 1.93. The molecule has 1 fully saturated rings. The fourth-order valence-electron chi connectivity index (χ4n) is 2.58. The average molecular weight is 272 g/mol. The standard InChI is InChI=1S/C14H16N4O2/c1-10-16-5-4-12(17-10)11-3-2-6-18(8-11)14(19)13-7-15-9-20-13/h4-5,7,9,11H,2-3,6,8H2,1H3/t11-/m0/s1. The third kappa shape index (κ3) is 2.54. The zero-order valence-electron chi connectivity index (χ0n) is 11.3. The van der Waals surface area contributed by atoms with Gasteiger partial charge in [-0.05, 0) is 25.8 Å². The predicted molar refractivity (Wildman–Crippen MR) is 71.2 cm³/mol. The van der Waals surface area contributed by atoms with Crippen molar-refractivity contribution >= 4 is 5.91 Å². The van der Waals surface area contributed by atoms with Crippen molar-refractivity contribution in [2.45, 2.75) is 25.7 Å². The van der Waals surface area contributed by atoms with Gasteiger partial charge in [0.15, 0.2) is 6.39 Å². The fourth-order valence-corrected chi connectivity index (χ4v) is 2.58. The highest BCUT2D eigenvalue weighted by Gasteiger charge is 2.27. The maximum Gasteiger partial charge on any atom is 0.291 e. The quantitative estimate of drug-likeness (QED) is 0.833. The van der Waals surface area contributed by atoms with Crippen LogP contribution < -0.4 is 0 Å². The first-order valence-electron chi connectivity index (χ1n) is 6.71. The van der Waals surface area contributed by atoms with Crippen LogP contribution in [0.5, 0.6) is 0 Å². The first-order chi connectivity index (χ1) is 9.74. The average Bonchev–Trinajstić information content (AvgIpc) is 3.01. The first kappa shape index (κ1) is 12.8. The van der Waals surface area contributed by atoms with Crippen molar-refractivity contribution < 1.29 is 9.21 Å². The van der Waals surface area contributed by atoms with Gasteiger partial charge in [-0.3, -0.25) is 4.79 Å². The highest BCUT2D eigenvalue weighted by molar-refractivity contribution is 5.91. The van der Waals surface area contributed by atoms with Gasteiger partial charge in [0.1, 0.15) is 5.82 Å². The van der Waals surface area contributed by atoms with Crippen LogP contribution in [-0.2, 0) is 0 Å². The van der Waals surface area contributed by atoms with Crippen LogP contribution in [0.25, 0.3) is 0 Å². The van der Waals surface area contributed by atoms with E-state index in [2.05, 4.69) is 15.0 Å². The van der Waals surface area contributed by atoms with Crippen molar-refractivity contribution in [1.82, 2.24) is 19.9 Å². The molecule has 104 valence electrons. The Bertz CT molecular complexity index is 597. The molecule has 2 aromatic heterocycles. The molecule has 0 saturated carbocycles. The Morgan fingerprint density at radius 2 is 2.40 bits per heavy atom. The molecule has 0 spiro atoms. The second kappa shape index (κ2) is 5.40. The van der Waals surface area contributed by atoms with Crippen LogP contribution in [0.1, 0.15) is 40.8 Å². The van der Waals surface area contributed by atoms with E-state index in [1.54, 1.807) is 6.20 Å². The number of amides is 1. The lowest BCUT2D eigenvalue weighted by Gasteiger charge is -2.31. The zero-order chi connectivity index (χ0) is 13.9. The van der Waals surface area contributed by atoms with Gasteiger partial charge in [-0.1, -0.05) is 0 Å². The van der Waals surface area contributed by atoms with E-state index in [1.807, 2.05) is 17.9 Å². The van der Waals surface area contributed by atoms with Crippen molar-refractivity contribution in [3.05, 3.63) is 42.1 Å². The van der Waals surface area contributed by atoms with Crippen molar-refractivity contribution in [3.8, 4) is 0 Å². The fraction of sp³-hybridized carbons (Fsp3) is 0.429. The van der Waals surface area contributed by atoms with Crippen molar-refractivity contribution in [3.63, 3.8) is 0 Å². The molecule has 0 aromatic carbocycles. The lowest BCUT2D eigenvalue weighted by molar-refractivity contribution is 0.0673. The summed E-state index contributed by atoms with van der Waals surface area (Å²) in [7, 11) is 0. The van der Waals surface area contributed by atoms with Crippen LogP contribution in [-0.4, -0.2) is 38.8 Å². The molecule has 1 aliphatic rings. The largest absolute Gasteiger partial charge is 0.438 e. The molecular weight excluding hydrogens is 256 g/mol. The summed E-state index contributed by atoms with van der Waals surface area (Å²) in [4.78, 5) is 26.5. The van der Waals surface area contributed by atoms with E-state index in [0.717, 1.165) is 30.9 Å². The molecule has 2 aromatic rings. The van der Waals surface area contributed by atoms with Crippen molar-refractivity contribution in [1.29, 1.82) is 0 Å². The van der Waals surface area contributed by atoms with Gasteiger partial charge in [0.2, 0.25) is 5.76 Å². The Labute approximate surface area is 116 Å². The number of piperidine rings is 1. The van der Waals surface area contributed by atoms with Gasteiger partial charge < -0.3 is 9.32 Å². The molecule has 0 bridgehead atoms. The molecule has 6 nitrogen and oxygen atoms in total. The van der Waals surface area contributed by atoms with E-state index >= 15 is 0 Å². The molecule has 1 aliphatic heterocycles. The van der Waals surface area contributed by atoms with Gasteiger partial charge >= 0.3 is 0 Å². The van der Waals surface area contributed by atoms with Crippen molar-refractivity contribution in [2.24, 2.45) is 0 Å². The van der Waals surface area contributed by atoms with Gasteiger partial charge in [-0.15, -0.1) is 0 Å². The monoisotopic (exact) mass is 272 g/mol. The second-order valence-corrected chi connectivity index (χ2v) is 4.98. The minimum absolute atomic E-state index is 0.0991. The smallest absolute Gasteiger partial charge is 0.291 e. The van der Waals surface area contributed by atoms with Crippen LogP contribution in [0.3, 0.4) is 0 Å². The number of likely N-dealkylation sites (tertiary alicyclic amines) is 1. The van der Waals surface area contributed by atoms with Crippen LogP contribution in [0, 0.1) is 6.92 Å². The molecule has 0 unspecified atom stereocenters. The Morgan fingerprint density at radius 1 is 1.50 bits per heavy atom. The SMILES string of the molecule is Cc1nccc([C@H]2CCCN(C(=O)c3cnco3)C2)n1. The highest BCUT2D eigenvalue weighted by atomic mass is 16.3. The third-order valence-electron chi connectivity index (χ3n) is 3.57. The minimum Gasteiger partial charge on any atom is -0.438 e. The van der Waals surface area contributed by atoms with Crippen molar-refractivity contribution in [2.75, 3.05) is 13.1 Å². The number of carbonyl (C=O) groups excluding carboxylic acids is 1.